The minimum absolute atomic E-state index is 0.0770. The van der Waals surface area contributed by atoms with E-state index in [2.05, 4.69) is 63.0 Å². The van der Waals surface area contributed by atoms with Gasteiger partial charge in [0.2, 0.25) is 0 Å². The zero-order chi connectivity index (χ0) is 19.4. The predicted molar refractivity (Wildman–Crippen MR) is 108 cm³/mol. The van der Waals surface area contributed by atoms with E-state index in [-0.39, 0.29) is 22.8 Å². The van der Waals surface area contributed by atoms with Gasteiger partial charge in [-0.05, 0) is 30.6 Å². The van der Waals surface area contributed by atoms with Crippen molar-refractivity contribution in [1.82, 2.24) is 4.90 Å². The fourth-order valence-electron chi connectivity index (χ4n) is 3.15. The molecule has 1 aliphatic rings. The van der Waals surface area contributed by atoms with E-state index in [0.29, 0.717) is 13.2 Å². The molecule has 0 bridgehead atoms. The van der Waals surface area contributed by atoms with E-state index in [0.717, 1.165) is 19.6 Å². The van der Waals surface area contributed by atoms with Gasteiger partial charge in [-0.1, -0.05) is 51.1 Å². The highest BCUT2D eigenvalue weighted by Crippen LogP contribution is 2.38. The third kappa shape index (κ3) is 5.41. The summed E-state index contributed by atoms with van der Waals surface area (Å²) >= 11 is 0. The molecule has 2 rings (SSSR count). The first-order chi connectivity index (χ1) is 12.1. The van der Waals surface area contributed by atoms with E-state index in [1.807, 2.05) is 13.0 Å². The lowest BCUT2D eigenvalue weighted by Gasteiger charge is -2.37. The van der Waals surface area contributed by atoms with Gasteiger partial charge < -0.3 is 9.16 Å². The first-order valence-corrected chi connectivity index (χ1v) is 12.6. The highest BCUT2D eigenvalue weighted by atomic mass is 28.4. The van der Waals surface area contributed by atoms with Crippen LogP contribution in [0, 0.1) is 11.8 Å². The van der Waals surface area contributed by atoms with Gasteiger partial charge in [-0.25, -0.2) is 0 Å². The van der Waals surface area contributed by atoms with Crippen molar-refractivity contribution in [2.24, 2.45) is 11.8 Å². The van der Waals surface area contributed by atoms with Crippen molar-refractivity contribution < 1.29 is 14.0 Å². The van der Waals surface area contributed by atoms with E-state index >= 15 is 0 Å². The molecule has 1 aromatic rings. The lowest BCUT2D eigenvalue weighted by Crippen LogP contribution is -2.43. The molecule has 146 valence electrons. The summed E-state index contributed by atoms with van der Waals surface area (Å²) < 4.78 is 11.8. The molecule has 0 unspecified atom stereocenters. The molecule has 0 aromatic heterocycles. The molecule has 1 aromatic carbocycles. The van der Waals surface area contributed by atoms with Crippen molar-refractivity contribution in [3.63, 3.8) is 0 Å². The summed E-state index contributed by atoms with van der Waals surface area (Å²) in [6.07, 6.45) is 0. The molecule has 1 saturated heterocycles. The van der Waals surface area contributed by atoms with E-state index in [9.17, 15) is 4.79 Å². The molecular weight excluding hydrogens is 342 g/mol. The molecule has 26 heavy (non-hydrogen) atoms. The zero-order valence-electron chi connectivity index (χ0n) is 17.2. The minimum Gasteiger partial charge on any atom is -0.466 e. The number of hydrogen-bond acceptors (Lipinski definition) is 4. The molecule has 1 fully saturated rings. The second-order valence-electron chi connectivity index (χ2n) is 8.87. The van der Waals surface area contributed by atoms with Crippen LogP contribution in [0.5, 0.6) is 0 Å². The maximum Gasteiger partial charge on any atom is 0.310 e. The van der Waals surface area contributed by atoms with Crippen LogP contribution >= 0.6 is 0 Å². The van der Waals surface area contributed by atoms with Gasteiger partial charge in [0.05, 0.1) is 12.5 Å². The number of ether oxygens (including phenoxy) is 1. The Morgan fingerprint density at radius 2 is 1.85 bits per heavy atom. The van der Waals surface area contributed by atoms with E-state index < -0.39 is 8.32 Å². The molecule has 0 amide bonds. The number of benzene rings is 1. The lowest BCUT2D eigenvalue weighted by molar-refractivity contribution is -0.149. The summed E-state index contributed by atoms with van der Waals surface area (Å²) in [6.45, 7) is 16.7. The van der Waals surface area contributed by atoms with Crippen LogP contribution in [-0.2, 0) is 20.5 Å². The van der Waals surface area contributed by atoms with Crippen molar-refractivity contribution in [1.29, 1.82) is 0 Å². The second kappa shape index (κ2) is 8.68. The Morgan fingerprint density at radius 3 is 2.42 bits per heavy atom. The highest BCUT2D eigenvalue weighted by Gasteiger charge is 2.42. The van der Waals surface area contributed by atoms with E-state index in [1.54, 1.807) is 0 Å². The van der Waals surface area contributed by atoms with Gasteiger partial charge in [0.25, 0.3) is 0 Å². The largest absolute Gasteiger partial charge is 0.466 e. The summed E-state index contributed by atoms with van der Waals surface area (Å²) in [5.74, 6) is 0.0298. The third-order valence-corrected chi connectivity index (χ3v) is 10.3. The van der Waals surface area contributed by atoms with E-state index in [4.69, 9.17) is 9.16 Å². The number of hydrogen-bond donors (Lipinski definition) is 0. The maximum atomic E-state index is 12.5. The molecule has 0 N–H and O–H groups in total. The summed E-state index contributed by atoms with van der Waals surface area (Å²) in [5, 5.41) is 0.175. The van der Waals surface area contributed by atoms with Gasteiger partial charge in [0, 0.05) is 32.2 Å². The predicted octanol–water partition coefficient (Wildman–Crippen LogP) is 4.32. The van der Waals surface area contributed by atoms with Gasteiger partial charge in [0.15, 0.2) is 8.32 Å². The molecule has 0 saturated carbocycles. The molecule has 0 spiro atoms. The molecule has 1 heterocycles. The average Bonchev–Trinajstić information content (AvgIpc) is 2.96. The van der Waals surface area contributed by atoms with Gasteiger partial charge >= 0.3 is 5.97 Å². The van der Waals surface area contributed by atoms with Crippen molar-refractivity contribution in [3.05, 3.63) is 35.9 Å². The van der Waals surface area contributed by atoms with Crippen LogP contribution in [0.2, 0.25) is 18.1 Å². The Balaban J connectivity index is 2.04. The fraction of sp³-hybridized carbons (Fsp3) is 0.667. The summed E-state index contributed by atoms with van der Waals surface area (Å²) in [4.78, 5) is 14.8. The van der Waals surface area contributed by atoms with Crippen molar-refractivity contribution in [3.8, 4) is 0 Å². The maximum absolute atomic E-state index is 12.5. The van der Waals surface area contributed by atoms with Crippen molar-refractivity contribution >= 4 is 14.3 Å². The van der Waals surface area contributed by atoms with Crippen LogP contribution in [0.3, 0.4) is 0 Å². The topological polar surface area (TPSA) is 38.8 Å². The Labute approximate surface area is 160 Å². The molecule has 5 heteroatoms. The molecular formula is C21H35NO3Si. The second-order valence-corrected chi connectivity index (χ2v) is 13.7. The van der Waals surface area contributed by atoms with Gasteiger partial charge in [0.1, 0.15) is 0 Å². The van der Waals surface area contributed by atoms with Crippen LogP contribution in [0.4, 0.5) is 0 Å². The molecule has 0 radical (unpaired) electrons. The molecule has 0 aliphatic carbocycles. The van der Waals surface area contributed by atoms with Crippen LogP contribution in [0.15, 0.2) is 30.3 Å². The Kier molecular flexibility index (Phi) is 7.05. The monoisotopic (exact) mass is 377 g/mol. The Bertz CT molecular complexity index is 583. The lowest BCUT2D eigenvalue weighted by atomic mass is 9.97. The van der Waals surface area contributed by atoms with Gasteiger partial charge in [-0.2, -0.15) is 0 Å². The molecule has 2 atom stereocenters. The first kappa shape index (κ1) is 21.1. The highest BCUT2D eigenvalue weighted by molar-refractivity contribution is 6.74. The summed E-state index contributed by atoms with van der Waals surface area (Å²) in [7, 11) is -1.82. The summed E-state index contributed by atoms with van der Waals surface area (Å²) in [5.41, 5.74) is 1.28. The van der Waals surface area contributed by atoms with Crippen LogP contribution in [0.25, 0.3) is 0 Å². The van der Waals surface area contributed by atoms with Crippen LogP contribution in [0.1, 0.15) is 33.3 Å². The number of likely N-dealkylation sites (tertiary alicyclic amines) is 1. The standard InChI is InChI=1S/C21H35NO3Si/c1-7-24-20(23)19-15-22(13-17-11-9-8-10-12-17)14-18(19)16-25-26(5,6)21(2,3)4/h8-12,18-19H,7,13-16H2,1-6H3/t18-,19+/m1/s1. The Morgan fingerprint density at radius 1 is 1.19 bits per heavy atom. The van der Waals surface area contributed by atoms with Crippen molar-refractivity contribution in [2.45, 2.75) is 52.4 Å². The van der Waals surface area contributed by atoms with Gasteiger partial charge in [-0.15, -0.1) is 0 Å². The average molecular weight is 378 g/mol. The quantitative estimate of drug-likeness (QED) is 0.524. The third-order valence-electron chi connectivity index (χ3n) is 5.82. The molecule has 4 nitrogen and oxygen atoms in total. The van der Waals surface area contributed by atoms with Crippen LogP contribution < -0.4 is 0 Å². The zero-order valence-corrected chi connectivity index (χ0v) is 18.2. The summed E-state index contributed by atoms with van der Waals surface area (Å²) in [6, 6.07) is 10.4. The SMILES string of the molecule is CCOC(=O)[C@H]1CN(Cc2ccccc2)C[C@@H]1CO[Si](C)(C)C(C)(C)C. The van der Waals surface area contributed by atoms with E-state index in [1.165, 1.54) is 5.56 Å². The minimum atomic E-state index is -1.82. The number of nitrogens with zero attached hydrogens (tertiary/aromatic N) is 1. The number of carbonyl (C=O) groups excluding carboxylic acids is 1. The number of carbonyl (C=O) groups is 1. The molecule has 1 aliphatic heterocycles. The van der Waals surface area contributed by atoms with Gasteiger partial charge in [-0.3, -0.25) is 9.69 Å². The number of rotatable bonds is 7. The smallest absolute Gasteiger partial charge is 0.310 e. The van der Waals surface area contributed by atoms with Crippen LogP contribution in [-0.4, -0.2) is 45.5 Å². The first-order valence-electron chi connectivity index (χ1n) is 9.71. The Hall–Kier alpha value is -1.17. The van der Waals surface area contributed by atoms with Crippen molar-refractivity contribution in [2.75, 3.05) is 26.3 Å². The normalized spacial score (nSPS) is 21.8. The fourth-order valence-corrected chi connectivity index (χ4v) is 4.21. The number of esters is 1.